The lowest BCUT2D eigenvalue weighted by molar-refractivity contribution is 0.326. The Morgan fingerprint density at radius 1 is 1.31 bits per heavy atom. The number of nitrogens with one attached hydrogen (secondary N) is 2. The summed E-state index contributed by atoms with van der Waals surface area (Å²) in [4.78, 5) is 0. The van der Waals surface area contributed by atoms with E-state index in [-0.39, 0.29) is 0 Å². The van der Waals surface area contributed by atoms with Crippen molar-refractivity contribution in [3.8, 4) is 0 Å². The van der Waals surface area contributed by atoms with Gasteiger partial charge in [0.15, 0.2) is 0 Å². The van der Waals surface area contributed by atoms with Gasteiger partial charge < -0.3 is 10.6 Å². The van der Waals surface area contributed by atoms with Crippen LogP contribution in [0.5, 0.6) is 0 Å². The van der Waals surface area contributed by atoms with Crippen LogP contribution in [0.1, 0.15) is 46.0 Å². The van der Waals surface area contributed by atoms with E-state index in [1.54, 1.807) is 0 Å². The molecule has 0 aromatic carbocycles. The van der Waals surface area contributed by atoms with E-state index < -0.39 is 0 Å². The third-order valence-electron chi connectivity index (χ3n) is 2.95. The maximum atomic E-state index is 3.67. The van der Waals surface area contributed by atoms with Gasteiger partial charge in [-0.15, -0.1) is 0 Å². The Kier molecular flexibility index (Phi) is 4.74. The highest BCUT2D eigenvalue weighted by atomic mass is 15.1. The highest BCUT2D eigenvalue weighted by Gasteiger charge is 2.31. The third-order valence-corrected chi connectivity index (χ3v) is 2.95. The monoisotopic (exact) mass is 184 g/mol. The van der Waals surface area contributed by atoms with E-state index >= 15 is 0 Å². The zero-order valence-electron chi connectivity index (χ0n) is 9.16. The summed E-state index contributed by atoms with van der Waals surface area (Å²) >= 11 is 0. The predicted molar refractivity (Wildman–Crippen MR) is 58.0 cm³/mol. The second kappa shape index (κ2) is 5.61. The molecule has 0 aromatic rings. The van der Waals surface area contributed by atoms with E-state index in [9.17, 15) is 0 Å². The van der Waals surface area contributed by atoms with Crippen molar-refractivity contribution in [3.05, 3.63) is 0 Å². The Labute approximate surface area is 82.5 Å². The Hall–Kier alpha value is -0.0800. The molecule has 2 heteroatoms. The van der Waals surface area contributed by atoms with Crippen molar-refractivity contribution in [3.63, 3.8) is 0 Å². The highest BCUT2D eigenvalue weighted by Crippen LogP contribution is 2.23. The first-order valence-electron chi connectivity index (χ1n) is 5.79. The number of rotatable bonds is 6. The van der Waals surface area contributed by atoms with E-state index in [2.05, 4.69) is 24.5 Å². The van der Waals surface area contributed by atoms with Crippen LogP contribution in [0.4, 0.5) is 0 Å². The molecule has 1 rings (SSSR count). The molecule has 1 aliphatic heterocycles. The molecule has 13 heavy (non-hydrogen) atoms. The van der Waals surface area contributed by atoms with Gasteiger partial charge in [0, 0.05) is 12.1 Å². The summed E-state index contributed by atoms with van der Waals surface area (Å²) in [5.74, 6) is 0. The van der Waals surface area contributed by atoms with Crippen LogP contribution in [-0.2, 0) is 0 Å². The fraction of sp³-hybridized carbons (Fsp3) is 1.00. The van der Waals surface area contributed by atoms with Crippen LogP contribution >= 0.6 is 0 Å². The van der Waals surface area contributed by atoms with Crippen molar-refractivity contribution in [1.82, 2.24) is 10.6 Å². The number of hydrogen-bond donors (Lipinski definition) is 2. The SMILES string of the molecule is CCCNCC1(CCC)CCCN1. The summed E-state index contributed by atoms with van der Waals surface area (Å²) in [6.07, 6.45) is 6.57. The first-order valence-corrected chi connectivity index (χ1v) is 5.79. The molecule has 0 aromatic heterocycles. The van der Waals surface area contributed by atoms with Crippen LogP contribution in [-0.4, -0.2) is 25.2 Å². The van der Waals surface area contributed by atoms with Gasteiger partial charge in [-0.2, -0.15) is 0 Å². The quantitative estimate of drug-likeness (QED) is 0.616. The summed E-state index contributed by atoms with van der Waals surface area (Å²) in [6.45, 7) is 8.04. The van der Waals surface area contributed by atoms with Crippen molar-refractivity contribution in [2.45, 2.75) is 51.5 Å². The van der Waals surface area contributed by atoms with Crippen molar-refractivity contribution in [2.75, 3.05) is 19.6 Å². The van der Waals surface area contributed by atoms with Crippen molar-refractivity contribution >= 4 is 0 Å². The topological polar surface area (TPSA) is 24.1 Å². The second-order valence-corrected chi connectivity index (χ2v) is 4.24. The standard InChI is InChI=1S/C11H24N2/c1-3-6-11(7-5-9-13-11)10-12-8-4-2/h12-13H,3-10H2,1-2H3. The largest absolute Gasteiger partial charge is 0.315 e. The van der Waals surface area contributed by atoms with Crippen molar-refractivity contribution in [1.29, 1.82) is 0 Å². The summed E-state index contributed by atoms with van der Waals surface area (Å²) in [5.41, 5.74) is 0.434. The summed E-state index contributed by atoms with van der Waals surface area (Å²) < 4.78 is 0. The lowest BCUT2D eigenvalue weighted by atomic mass is 9.92. The van der Waals surface area contributed by atoms with Gasteiger partial charge >= 0.3 is 0 Å². The predicted octanol–water partition coefficient (Wildman–Crippen LogP) is 1.91. The molecule has 0 radical (unpaired) electrons. The zero-order chi connectivity index (χ0) is 9.57. The molecule has 0 saturated carbocycles. The fourth-order valence-electron chi connectivity index (χ4n) is 2.30. The Morgan fingerprint density at radius 3 is 2.69 bits per heavy atom. The maximum absolute atomic E-state index is 3.67. The Balaban J connectivity index is 2.28. The highest BCUT2D eigenvalue weighted by molar-refractivity contribution is 4.94. The minimum Gasteiger partial charge on any atom is -0.315 e. The van der Waals surface area contributed by atoms with Crippen LogP contribution < -0.4 is 10.6 Å². The smallest absolute Gasteiger partial charge is 0.0306 e. The lowest BCUT2D eigenvalue weighted by Crippen LogP contribution is -2.48. The molecule has 0 aliphatic carbocycles. The Morgan fingerprint density at radius 2 is 2.15 bits per heavy atom. The van der Waals surface area contributed by atoms with Gasteiger partial charge in [-0.1, -0.05) is 20.3 Å². The Bertz CT molecular complexity index is 128. The van der Waals surface area contributed by atoms with E-state index in [0.29, 0.717) is 5.54 Å². The molecule has 1 aliphatic rings. The van der Waals surface area contributed by atoms with Crippen LogP contribution in [0.2, 0.25) is 0 Å². The second-order valence-electron chi connectivity index (χ2n) is 4.24. The molecule has 1 atom stereocenters. The summed E-state index contributed by atoms with van der Waals surface area (Å²) in [6, 6.07) is 0. The third kappa shape index (κ3) is 3.28. The van der Waals surface area contributed by atoms with Gasteiger partial charge in [0.05, 0.1) is 0 Å². The zero-order valence-corrected chi connectivity index (χ0v) is 9.16. The average molecular weight is 184 g/mol. The first-order chi connectivity index (χ1) is 6.33. The molecular formula is C11H24N2. The van der Waals surface area contributed by atoms with Gasteiger partial charge in [0.2, 0.25) is 0 Å². The molecule has 0 spiro atoms. The molecule has 0 amide bonds. The van der Waals surface area contributed by atoms with E-state index in [4.69, 9.17) is 0 Å². The molecule has 1 fully saturated rings. The van der Waals surface area contributed by atoms with Crippen LogP contribution in [0, 0.1) is 0 Å². The lowest BCUT2D eigenvalue weighted by Gasteiger charge is -2.29. The minimum atomic E-state index is 0.434. The van der Waals surface area contributed by atoms with Gasteiger partial charge in [-0.25, -0.2) is 0 Å². The van der Waals surface area contributed by atoms with Crippen LogP contribution in [0.25, 0.3) is 0 Å². The molecular weight excluding hydrogens is 160 g/mol. The molecule has 2 N–H and O–H groups in total. The molecule has 2 nitrogen and oxygen atoms in total. The van der Waals surface area contributed by atoms with Gasteiger partial charge in [-0.05, 0) is 38.8 Å². The van der Waals surface area contributed by atoms with Gasteiger partial charge in [0.25, 0.3) is 0 Å². The van der Waals surface area contributed by atoms with Crippen molar-refractivity contribution < 1.29 is 0 Å². The molecule has 1 heterocycles. The minimum absolute atomic E-state index is 0.434. The molecule has 78 valence electrons. The normalized spacial score (nSPS) is 28.2. The summed E-state index contributed by atoms with van der Waals surface area (Å²) in [7, 11) is 0. The maximum Gasteiger partial charge on any atom is 0.0306 e. The first kappa shape index (κ1) is 11.0. The summed E-state index contributed by atoms with van der Waals surface area (Å²) in [5, 5.41) is 7.21. The molecule has 1 saturated heterocycles. The van der Waals surface area contributed by atoms with Crippen molar-refractivity contribution in [2.24, 2.45) is 0 Å². The van der Waals surface area contributed by atoms with Gasteiger partial charge in [-0.3, -0.25) is 0 Å². The van der Waals surface area contributed by atoms with E-state index in [1.165, 1.54) is 38.6 Å². The van der Waals surface area contributed by atoms with E-state index in [1.807, 2.05) is 0 Å². The van der Waals surface area contributed by atoms with E-state index in [0.717, 1.165) is 13.1 Å². The van der Waals surface area contributed by atoms with Crippen LogP contribution in [0.15, 0.2) is 0 Å². The molecule has 0 bridgehead atoms. The molecule has 1 unspecified atom stereocenters. The fourth-order valence-corrected chi connectivity index (χ4v) is 2.30. The number of hydrogen-bond acceptors (Lipinski definition) is 2. The van der Waals surface area contributed by atoms with Crippen LogP contribution in [0.3, 0.4) is 0 Å². The average Bonchev–Trinajstić information content (AvgIpc) is 2.55. The van der Waals surface area contributed by atoms with Gasteiger partial charge in [0.1, 0.15) is 0 Å².